The van der Waals surface area contributed by atoms with Gasteiger partial charge < -0.3 is 15.4 Å². The molecule has 0 fully saturated rings. The Morgan fingerprint density at radius 1 is 1.00 bits per heavy atom. The lowest BCUT2D eigenvalue weighted by atomic mass is 10.1. The van der Waals surface area contributed by atoms with E-state index in [2.05, 4.69) is 23.6 Å². The second-order valence-corrected chi connectivity index (χ2v) is 7.05. The van der Waals surface area contributed by atoms with E-state index in [1.807, 2.05) is 61.5 Å². The predicted octanol–water partition coefficient (Wildman–Crippen LogP) is 5.59. The molecule has 3 aromatic rings. The van der Waals surface area contributed by atoms with Gasteiger partial charge in [0, 0.05) is 17.9 Å². The molecule has 0 atom stereocenters. The first-order valence-corrected chi connectivity index (χ1v) is 9.46. The Labute approximate surface area is 170 Å². The fourth-order valence-electron chi connectivity index (χ4n) is 2.80. The molecule has 5 heteroatoms. The van der Waals surface area contributed by atoms with E-state index in [0.29, 0.717) is 17.3 Å². The molecule has 0 aliphatic rings. The van der Waals surface area contributed by atoms with Crippen molar-refractivity contribution >= 4 is 28.9 Å². The maximum atomic E-state index is 12.1. The van der Waals surface area contributed by atoms with Gasteiger partial charge in [-0.15, -0.1) is 0 Å². The zero-order chi connectivity index (χ0) is 19.9. The average Bonchev–Trinajstić information content (AvgIpc) is 2.66. The first-order chi connectivity index (χ1) is 13.5. The molecular formula is C23H23ClN2O2. The number of para-hydroxylation sites is 1. The molecule has 2 N–H and O–H groups in total. The summed E-state index contributed by atoms with van der Waals surface area (Å²) in [6.45, 7) is 4.59. The highest BCUT2D eigenvalue weighted by Gasteiger charge is 2.08. The van der Waals surface area contributed by atoms with Crippen molar-refractivity contribution in [2.24, 2.45) is 0 Å². The summed E-state index contributed by atoms with van der Waals surface area (Å²) < 4.78 is 5.57. The molecule has 28 heavy (non-hydrogen) atoms. The van der Waals surface area contributed by atoms with Crippen molar-refractivity contribution in [1.29, 1.82) is 0 Å². The van der Waals surface area contributed by atoms with Crippen LogP contribution in [0.5, 0.6) is 5.75 Å². The van der Waals surface area contributed by atoms with Gasteiger partial charge >= 0.3 is 0 Å². The minimum atomic E-state index is -0.230. The van der Waals surface area contributed by atoms with Gasteiger partial charge in [-0.05, 0) is 60.9 Å². The zero-order valence-corrected chi connectivity index (χ0v) is 16.7. The lowest BCUT2D eigenvalue weighted by Crippen LogP contribution is -2.20. The topological polar surface area (TPSA) is 50.4 Å². The highest BCUT2D eigenvalue weighted by atomic mass is 35.5. The quantitative estimate of drug-likeness (QED) is 0.549. The van der Waals surface area contributed by atoms with Gasteiger partial charge in [0.1, 0.15) is 5.75 Å². The molecule has 0 unspecified atom stereocenters. The molecule has 0 aromatic heterocycles. The Morgan fingerprint density at radius 2 is 1.82 bits per heavy atom. The van der Waals surface area contributed by atoms with Gasteiger partial charge in [-0.1, -0.05) is 48.0 Å². The van der Waals surface area contributed by atoms with E-state index in [0.717, 1.165) is 22.5 Å². The first-order valence-electron chi connectivity index (χ1n) is 9.08. The van der Waals surface area contributed by atoms with Gasteiger partial charge in [-0.2, -0.15) is 0 Å². The fraction of sp³-hybridized carbons (Fsp3) is 0.174. The van der Waals surface area contributed by atoms with Crippen molar-refractivity contribution in [3.8, 4) is 5.75 Å². The number of nitrogens with one attached hydrogen (secondary N) is 2. The standard InChI is InChI=1S/C23H23ClN2O2/c1-16-6-5-8-19(12-16)26-23(27)15-28-22-11-10-18(13-20(22)24)14-25-21-9-4-3-7-17(21)2/h3-13,25H,14-15H2,1-2H3,(H,26,27). The van der Waals surface area contributed by atoms with Crippen molar-refractivity contribution in [2.45, 2.75) is 20.4 Å². The van der Waals surface area contributed by atoms with Gasteiger partial charge in [0.15, 0.2) is 6.61 Å². The van der Waals surface area contributed by atoms with E-state index in [9.17, 15) is 4.79 Å². The number of hydrogen-bond donors (Lipinski definition) is 2. The van der Waals surface area contributed by atoms with Crippen LogP contribution in [0.4, 0.5) is 11.4 Å². The van der Waals surface area contributed by atoms with Crippen LogP contribution < -0.4 is 15.4 Å². The molecule has 0 radical (unpaired) electrons. The molecule has 0 aliphatic heterocycles. The molecule has 4 nitrogen and oxygen atoms in total. The smallest absolute Gasteiger partial charge is 0.262 e. The molecule has 0 saturated heterocycles. The third-order valence-corrected chi connectivity index (χ3v) is 4.58. The van der Waals surface area contributed by atoms with Crippen molar-refractivity contribution in [2.75, 3.05) is 17.2 Å². The lowest BCUT2D eigenvalue weighted by molar-refractivity contribution is -0.118. The van der Waals surface area contributed by atoms with E-state index in [4.69, 9.17) is 16.3 Å². The zero-order valence-electron chi connectivity index (χ0n) is 16.0. The van der Waals surface area contributed by atoms with Crippen LogP contribution in [-0.4, -0.2) is 12.5 Å². The SMILES string of the molecule is Cc1cccc(NC(=O)COc2ccc(CNc3ccccc3C)cc2Cl)c1. The van der Waals surface area contributed by atoms with E-state index in [1.54, 1.807) is 6.07 Å². The third-order valence-electron chi connectivity index (χ3n) is 4.28. The van der Waals surface area contributed by atoms with E-state index in [1.165, 1.54) is 5.56 Å². The Hall–Kier alpha value is -2.98. The molecule has 144 valence electrons. The van der Waals surface area contributed by atoms with E-state index < -0.39 is 0 Å². The summed E-state index contributed by atoms with van der Waals surface area (Å²) in [5.74, 6) is 0.257. The number of aryl methyl sites for hydroxylation is 2. The summed E-state index contributed by atoms with van der Waals surface area (Å²) in [6.07, 6.45) is 0. The second-order valence-electron chi connectivity index (χ2n) is 6.64. The van der Waals surface area contributed by atoms with Gasteiger partial charge in [-0.25, -0.2) is 0 Å². The van der Waals surface area contributed by atoms with Crippen LogP contribution in [0.2, 0.25) is 5.02 Å². The van der Waals surface area contributed by atoms with Crippen molar-refractivity contribution < 1.29 is 9.53 Å². The molecule has 0 heterocycles. The van der Waals surface area contributed by atoms with Gasteiger partial charge in [0.05, 0.1) is 5.02 Å². The highest BCUT2D eigenvalue weighted by molar-refractivity contribution is 6.32. The predicted molar refractivity (Wildman–Crippen MR) is 115 cm³/mol. The maximum absolute atomic E-state index is 12.1. The molecule has 3 rings (SSSR count). The Balaban J connectivity index is 1.54. The van der Waals surface area contributed by atoms with Crippen LogP contribution in [0.3, 0.4) is 0 Å². The Morgan fingerprint density at radius 3 is 2.57 bits per heavy atom. The summed E-state index contributed by atoms with van der Waals surface area (Å²) >= 11 is 6.32. The number of anilines is 2. The number of hydrogen-bond acceptors (Lipinski definition) is 3. The largest absolute Gasteiger partial charge is 0.482 e. The van der Waals surface area contributed by atoms with Gasteiger partial charge in [-0.3, -0.25) is 4.79 Å². The summed E-state index contributed by atoms with van der Waals surface area (Å²) in [7, 11) is 0. The average molecular weight is 395 g/mol. The van der Waals surface area contributed by atoms with Crippen molar-refractivity contribution in [3.63, 3.8) is 0 Å². The second kappa shape index (κ2) is 9.29. The minimum Gasteiger partial charge on any atom is -0.482 e. The number of benzene rings is 3. The molecule has 0 bridgehead atoms. The Bertz CT molecular complexity index is 972. The molecule has 0 saturated carbocycles. The number of carbonyl (C=O) groups excluding carboxylic acids is 1. The number of ether oxygens (including phenoxy) is 1. The number of rotatable bonds is 7. The summed E-state index contributed by atoms with van der Waals surface area (Å²) in [6, 6.07) is 21.3. The third kappa shape index (κ3) is 5.51. The first kappa shape index (κ1) is 19.8. The molecule has 0 aliphatic carbocycles. The molecule has 1 amide bonds. The van der Waals surface area contributed by atoms with Crippen LogP contribution in [0.15, 0.2) is 66.7 Å². The molecular weight excluding hydrogens is 372 g/mol. The fourth-order valence-corrected chi connectivity index (χ4v) is 3.06. The summed E-state index contributed by atoms with van der Waals surface area (Å²) in [4.78, 5) is 12.1. The molecule has 0 spiro atoms. The minimum absolute atomic E-state index is 0.103. The monoisotopic (exact) mass is 394 g/mol. The van der Waals surface area contributed by atoms with Gasteiger partial charge in [0.2, 0.25) is 0 Å². The number of amides is 1. The number of carbonyl (C=O) groups is 1. The normalized spacial score (nSPS) is 10.4. The number of halogens is 1. The van der Waals surface area contributed by atoms with Crippen LogP contribution in [-0.2, 0) is 11.3 Å². The summed E-state index contributed by atoms with van der Waals surface area (Å²) in [5.41, 5.74) is 5.14. The van der Waals surface area contributed by atoms with Crippen LogP contribution in [0.25, 0.3) is 0 Å². The van der Waals surface area contributed by atoms with Crippen LogP contribution in [0, 0.1) is 13.8 Å². The van der Waals surface area contributed by atoms with Crippen LogP contribution in [0.1, 0.15) is 16.7 Å². The Kier molecular flexibility index (Phi) is 6.56. The van der Waals surface area contributed by atoms with E-state index >= 15 is 0 Å². The molecule has 3 aromatic carbocycles. The van der Waals surface area contributed by atoms with Crippen molar-refractivity contribution in [1.82, 2.24) is 0 Å². The highest BCUT2D eigenvalue weighted by Crippen LogP contribution is 2.26. The van der Waals surface area contributed by atoms with Gasteiger partial charge in [0.25, 0.3) is 5.91 Å². The summed E-state index contributed by atoms with van der Waals surface area (Å²) in [5, 5.41) is 6.68. The van der Waals surface area contributed by atoms with E-state index in [-0.39, 0.29) is 12.5 Å². The maximum Gasteiger partial charge on any atom is 0.262 e. The lowest BCUT2D eigenvalue weighted by Gasteiger charge is -2.12. The van der Waals surface area contributed by atoms with Crippen LogP contribution >= 0.6 is 11.6 Å². The van der Waals surface area contributed by atoms with Crippen molar-refractivity contribution in [3.05, 3.63) is 88.4 Å².